The maximum absolute atomic E-state index is 13.6. The molecule has 0 aromatic heterocycles. The van der Waals surface area contributed by atoms with Gasteiger partial charge in [-0.1, -0.05) is 44.7 Å². The number of Topliss-reactive ketones (excluding diaryl/α,β-unsaturated/α-hetero) is 1. The zero-order valence-corrected chi connectivity index (χ0v) is 23.6. The molecule has 37 heavy (non-hydrogen) atoms. The molecule has 6 nitrogen and oxygen atoms in total. The van der Waals surface area contributed by atoms with Gasteiger partial charge < -0.3 is 24.8 Å². The molecule has 0 spiro atoms. The van der Waals surface area contributed by atoms with Gasteiger partial charge in [0.2, 0.25) is 0 Å². The van der Waals surface area contributed by atoms with Crippen LogP contribution in [-0.4, -0.2) is 44.5 Å². The highest BCUT2D eigenvalue weighted by Gasteiger charge is 2.28. The molecule has 1 atom stereocenters. The molecule has 1 heterocycles. The Balaban J connectivity index is 1.69. The molecular formula is C30H43ClN2O4. The van der Waals surface area contributed by atoms with E-state index in [0.29, 0.717) is 51.8 Å². The van der Waals surface area contributed by atoms with Crippen molar-refractivity contribution in [1.82, 2.24) is 4.90 Å². The van der Waals surface area contributed by atoms with E-state index in [1.165, 1.54) is 25.8 Å². The molecule has 0 saturated carbocycles. The normalized spacial score (nSPS) is 15.4. The highest BCUT2D eigenvalue weighted by molar-refractivity contribution is 6.33. The molecule has 0 radical (unpaired) electrons. The molecule has 0 aliphatic carbocycles. The number of carbonyl (C=O) groups is 1. The highest BCUT2D eigenvalue weighted by atomic mass is 35.5. The lowest BCUT2D eigenvalue weighted by molar-refractivity contribution is 0.0893. The van der Waals surface area contributed by atoms with Gasteiger partial charge in [-0.2, -0.15) is 0 Å². The lowest BCUT2D eigenvalue weighted by atomic mass is 9.79. The van der Waals surface area contributed by atoms with Gasteiger partial charge in [-0.05, 0) is 74.5 Å². The van der Waals surface area contributed by atoms with E-state index >= 15 is 0 Å². The number of anilines is 1. The molecule has 1 fully saturated rings. The van der Waals surface area contributed by atoms with Gasteiger partial charge in [0.05, 0.1) is 30.5 Å². The molecule has 7 heteroatoms. The van der Waals surface area contributed by atoms with Crippen LogP contribution in [-0.2, 0) is 6.61 Å². The van der Waals surface area contributed by atoms with E-state index in [2.05, 4.69) is 18.7 Å². The average molecular weight is 531 g/mol. The van der Waals surface area contributed by atoms with Crippen molar-refractivity contribution in [2.45, 2.75) is 65.4 Å². The van der Waals surface area contributed by atoms with Crippen molar-refractivity contribution >= 4 is 23.1 Å². The van der Waals surface area contributed by atoms with Gasteiger partial charge in [0.1, 0.15) is 23.9 Å². The Morgan fingerprint density at radius 2 is 1.73 bits per heavy atom. The number of ether oxygens (including phenoxy) is 3. The maximum atomic E-state index is 13.6. The third-order valence-corrected chi connectivity index (χ3v) is 7.88. The van der Waals surface area contributed by atoms with Crippen LogP contribution >= 0.6 is 11.6 Å². The number of nitrogen functional groups attached to an aromatic ring is 1. The summed E-state index contributed by atoms with van der Waals surface area (Å²) >= 11 is 6.34. The van der Waals surface area contributed by atoms with Crippen LogP contribution in [0.2, 0.25) is 5.02 Å². The molecule has 204 valence electrons. The lowest BCUT2D eigenvalue weighted by Crippen LogP contribution is -2.37. The molecule has 1 aliphatic rings. The van der Waals surface area contributed by atoms with E-state index in [1.807, 2.05) is 12.1 Å². The second-order valence-electron chi connectivity index (χ2n) is 10.1. The SMILES string of the molecule is CCCCCN1CCC(C(CC)CC(=O)c2cc(Cl)c(N)cc2OCc2cc(OC)cc(OC)c2)CC1. The van der Waals surface area contributed by atoms with Crippen LogP contribution in [0.5, 0.6) is 17.2 Å². The predicted molar refractivity (Wildman–Crippen MR) is 151 cm³/mol. The van der Waals surface area contributed by atoms with E-state index < -0.39 is 0 Å². The summed E-state index contributed by atoms with van der Waals surface area (Å²) in [4.78, 5) is 16.1. The van der Waals surface area contributed by atoms with Crippen LogP contribution in [0.25, 0.3) is 0 Å². The number of unbranched alkanes of at least 4 members (excludes halogenated alkanes) is 2. The number of halogens is 1. The third kappa shape index (κ3) is 8.27. The first-order valence-electron chi connectivity index (χ1n) is 13.6. The number of ketones is 1. The molecular weight excluding hydrogens is 488 g/mol. The summed E-state index contributed by atoms with van der Waals surface area (Å²) in [6.07, 6.45) is 7.61. The van der Waals surface area contributed by atoms with Gasteiger partial charge in [0.15, 0.2) is 5.78 Å². The Hall–Kier alpha value is -2.44. The number of methoxy groups -OCH3 is 2. The lowest BCUT2D eigenvalue weighted by Gasteiger charge is -2.35. The van der Waals surface area contributed by atoms with E-state index in [0.717, 1.165) is 37.9 Å². The zero-order valence-electron chi connectivity index (χ0n) is 22.9. The molecule has 1 saturated heterocycles. The molecule has 1 aliphatic heterocycles. The first kappa shape index (κ1) is 29.1. The monoisotopic (exact) mass is 530 g/mol. The van der Waals surface area contributed by atoms with Crippen molar-refractivity contribution in [3.8, 4) is 17.2 Å². The van der Waals surface area contributed by atoms with Crippen molar-refractivity contribution in [3.63, 3.8) is 0 Å². The van der Waals surface area contributed by atoms with Crippen molar-refractivity contribution in [3.05, 3.63) is 46.5 Å². The van der Waals surface area contributed by atoms with Crippen LogP contribution < -0.4 is 19.9 Å². The van der Waals surface area contributed by atoms with Crippen molar-refractivity contribution in [2.75, 3.05) is 39.6 Å². The molecule has 2 aromatic carbocycles. The minimum absolute atomic E-state index is 0.0531. The fraction of sp³-hybridized carbons (Fsp3) is 0.567. The fourth-order valence-corrected chi connectivity index (χ4v) is 5.41. The molecule has 3 rings (SSSR count). The van der Waals surface area contributed by atoms with Gasteiger partial charge in [0, 0.05) is 18.6 Å². The molecule has 2 aromatic rings. The summed E-state index contributed by atoms with van der Waals surface area (Å²) < 4.78 is 16.8. The molecule has 1 unspecified atom stereocenters. The number of nitrogens with two attached hydrogens (primary N) is 1. The van der Waals surface area contributed by atoms with Crippen LogP contribution in [0.4, 0.5) is 5.69 Å². The minimum Gasteiger partial charge on any atom is -0.497 e. The predicted octanol–water partition coefficient (Wildman–Crippen LogP) is 7.02. The fourth-order valence-electron chi connectivity index (χ4n) is 5.24. The first-order chi connectivity index (χ1) is 17.9. The van der Waals surface area contributed by atoms with Crippen LogP contribution in [0.1, 0.15) is 74.7 Å². The average Bonchev–Trinajstić information content (AvgIpc) is 2.92. The number of nitrogens with zero attached hydrogens (tertiary/aromatic N) is 1. The van der Waals surface area contributed by atoms with Gasteiger partial charge in [-0.15, -0.1) is 0 Å². The first-order valence-corrected chi connectivity index (χ1v) is 14.0. The second kappa shape index (κ2) is 14.5. The second-order valence-corrected chi connectivity index (χ2v) is 10.5. The summed E-state index contributed by atoms with van der Waals surface area (Å²) in [6, 6.07) is 8.88. The zero-order chi connectivity index (χ0) is 26.8. The number of benzene rings is 2. The van der Waals surface area contributed by atoms with Crippen LogP contribution in [0.15, 0.2) is 30.3 Å². The van der Waals surface area contributed by atoms with Crippen molar-refractivity contribution in [2.24, 2.45) is 11.8 Å². The van der Waals surface area contributed by atoms with Crippen molar-refractivity contribution < 1.29 is 19.0 Å². The van der Waals surface area contributed by atoms with Crippen molar-refractivity contribution in [1.29, 1.82) is 0 Å². The topological polar surface area (TPSA) is 74.0 Å². The Kier molecular flexibility index (Phi) is 11.4. The number of piperidine rings is 1. The van der Waals surface area contributed by atoms with Crippen LogP contribution in [0.3, 0.4) is 0 Å². The number of hydrogen-bond acceptors (Lipinski definition) is 6. The molecule has 2 N–H and O–H groups in total. The third-order valence-electron chi connectivity index (χ3n) is 7.55. The minimum atomic E-state index is 0.0531. The highest BCUT2D eigenvalue weighted by Crippen LogP contribution is 2.35. The summed E-state index contributed by atoms with van der Waals surface area (Å²) in [5.74, 6) is 2.76. The summed E-state index contributed by atoms with van der Waals surface area (Å²) in [5, 5.41) is 0.368. The Morgan fingerprint density at radius 3 is 2.32 bits per heavy atom. The van der Waals surface area contributed by atoms with E-state index in [4.69, 9.17) is 31.5 Å². The number of carbonyl (C=O) groups excluding carboxylic acids is 1. The summed E-state index contributed by atoms with van der Waals surface area (Å²) in [7, 11) is 3.22. The molecule has 0 amide bonds. The van der Waals surface area contributed by atoms with E-state index in [-0.39, 0.29) is 12.4 Å². The Morgan fingerprint density at radius 1 is 1.05 bits per heavy atom. The van der Waals surface area contributed by atoms with Gasteiger partial charge in [-0.3, -0.25) is 4.79 Å². The standard InChI is InChI=1S/C30H43ClN2O4/c1-5-7-8-11-33-12-9-23(10-13-33)22(6-2)16-29(34)26-18-27(31)28(32)19-30(26)37-20-21-14-24(35-3)17-25(15-21)36-4/h14-15,17-19,22-23H,5-13,16,20,32H2,1-4H3. The molecule has 0 bridgehead atoms. The maximum Gasteiger partial charge on any atom is 0.166 e. The smallest absolute Gasteiger partial charge is 0.166 e. The number of likely N-dealkylation sites (tertiary alicyclic amines) is 1. The largest absolute Gasteiger partial charge is 0.497 e. The van der Waals surface area contributed by atoms with Gasteiger partial charge in [-0.25, -0.2) is 0 Å². The summed E-state index contributed by atoms with van der Waals surface area (Å²) in [5.41, 5.74) is 7.82. The Bertz CT molecular complexity index is 999. The number of rotatable bonds is 14. The number of hydrogen-bond donors (Lipinski definition) is 1. The van der Waals surface area contributed by atoms with Gasteiger partial charge in [0.25, 0.3) is 0 Å². The quantitative estimate of drug-likeness (QED) is 0.161. The van der Waals surface area contributed by atoms with Crippen LogP contribution in [0, 0.1) is 11.8 Å². The van der Waals surface area contributed by atoms with E-state index in [1.54, 1.807) is 32.4 Å². The summed E-state index contributed by atoms with van der Waals surface area (Å²) in [6.45, 7) is 8.13. The van der Waals surface area contributed by atoms with Gasteiger partial charge >= 0.3 is 0 Å². The Labute approximate surface area is 227 Å². The van der Waals surface area contributed by atoms with E-state index in [9.17, 15) is 4.79 Å².